The number of anilines is 1. The standard InChI is InChI=1S/C15H16N2O3S/c18-9-11-1-3-13(4-2-11)17-14(19)5-7-16-15(20)12-6-8-21-10-12/h1-4,6,8,10,18H,5,7,9H2,(H,16,20)(H,17,19). The van der Waals surface area contributed by atoms with E-state index in [-0.39, 0.29) is 31.4 Å². The van der Waals surface area contributed by atoms with Crippen molar-refractivity contribution in [2.45, 2.75) is 13.0 Å². The maximum atomic E-state index is 11.7. The Morgan fingerprint density at radius 2 is 1.90 bits per heavy atom. The Labute approximate surface area is 126 Å². The molecule has 0 saturated carbocycles. The van der Waals surface area contributed by atoms with Crippen LogP contribution in [0.4, 0.5) is 5.69 Å². The summed E-state index contributed by atoms with van der Waals surface area (Å²) in [5.41, 5.74) is 2.07. The number of benzene rings is 1. The number of thiophene rings is 1. The van der Waals surface area contributed by atoms with Gasteiger partial charge in [0.15, 0.2) is 0 Å². The summed E-state index contributed by atoms with van der Waals surface area (Å²) < 4.78 is 0. The van der Waals surface area contributed by atoms with E-state index in [9.17, 15) is 9.59 Å². The summed E-state index contributed by atoms with van der Waals surface area (Å²) in [6.45, 7) is 0.262. The number of rotatable bonds is 6. The van der Waals surface area contributed by atoms with Gasteiger partial charge in [-0.05, 0) is 29.1 Å². The van der Waals surface area contributed by atoms with Crippen molar-refractivity contribution in [3.63, 3.8) is 0 Å². The lowest BCUT2D eigenvalue weighted by Crippen LogP contribution is -2.27. The smallest absolute Gasteiger partial charge is 0.252 e. The summed E-state index contributed by atoms with van der Waals surface area (Å²) in [4.78, 5) is 23.4. The zero-order chi connectivity index (χ0) is 15.1. The van der Waals surface area contributed by atoms with E-state index in [1.165, 1.54) is 11.3 Å². The van der Waals surface area contributed by atoms with Gasteiger partial charge in [-0.1, -0.05) is 12.1 Å². The third kappa shape index (κ3) is 4.70. The predicted molar refractivity (Wildman–Crippen MR) is 82.3 cm³/mol. The first-order chi connectivity index (χ1) is 10.2. The molecule has 110 valence electrons. The van der Waals surface area contributed by atoms with Crippen LogP contribution in [-0.4, -0.2) is 23.5 Å². The first-order valence-electron chi connectivity index (χ1n) is 6.49. The van der Waals surface area contributed by atoms with Gasteiger partial charge in [-0.2, -0.15) is 11.3 Å². The minimum absolute atomic E-state index is 0.0250. The van der Waals surface area contributed by atoms with Gasteiger partial charge in [0, 0.05) is 29.6 Å². The third-order valence-corrected chi connectivity index (χ3v) is 3.52. The number of carbonyl (C=O) groups excluding carboxylic acids is 2. The molecule has 0 radical (unpaired) electrons. The zero-order valence-electron chi connectivity index (χ0n) is 11.3. The lowest BCUT2D eigenvalue weighted by Gasteiger charge is -2.07. The summed E-state index contributed by atoms with van der Waals surface area (Å²) in [5.74, 6) is -0.339. The lowest BCUT2D eigenvalue weighted by atomic mass is 10.2. The number of aliphatic hydroxyl groups is 1. The number of aliphatic hydroxyl groups excluding tert-OH is 1. The molecular formula is C15H16N2O3S. The van der Waals surface area contributed by atoms with Gasteiger partial charge in [-0.15, -0.1) is 0 Å². The van der Waals surface area contributed by atoms with Gasteiger partial charge in [0.05, 0.1) is 6.61 Å². The van der Waals surface area contributed by atoms with E-state index < -0.39 is 0 Å². The predicted octanol–water partition coefficient (Wildman–Crippen LogP) is 2.00. The average molecular weight is 304 g/mol. The summed E-state index contributed by atoms with van der Waals surface area (Å²) in [6.07, 6.45) is 0.206. The van der Waals surface area contributed by atoms with Crippen molar-refractivity contribution >= 4 is 28.8 Å². The Kier molecular flexibility index (Phi) is 5.48. The van der Waals surface area contributed by atoms with E-state index in [2.05, 4.69) is 10.6 Å². The molecule has 0 fully saturated rings. The Hall–Kier alpha value is -2.18. The molecule has 0 bridgehead atoms. The van der Waals surface area contributed by atoms with E-state index in [1.807, 2.05) is 5.38 Å². The third-order valence-electron chi connectivity index (χ3n) is 2.84. The van der Waals surface area contributed by atoms with Crippen LogP contribution in [0.15, 0.2) is 41.1 Å². The minimum Gasteiger partial charge on any atom is -0.392 e. The molecule has 6 heteroatoms. The Morgan fingerprint density at radius 1 is 1.14 bits per heavy atom. The monoisotopic (exact) mass is 304 g/mol. The number of amides is 2. The second-order valence-corrected chi connectivity index (χ2v) is 5.20. The molecule has 1 aromatic heterocycles. The highest BCUT2D eigenvalue weighted by Gasteiger charge is 2.07. The molecule has 2 rings (SSSR count). The van der Waals surface area contributed by atoms with E-state index in [0.29, 0.717) is 11.3 Å². The van der Waals surface area contributed by atoms with E-state index >= 15 is 0 Å². The highest BCUT2D eigenvalue weighted by atomic mass is 32.1. The summed E-state index contributed by atoms with van der Waals surface area (Å²) in [5, 5.41) is 17.9. The van der Waals surface area contributed by atoms with Crippen molar-refractivity contribution in [2.75, 3.05) is 11.9 Å². The van der Waals surface area contributed by atoms with Crippen molar-refractivity contribution in [2.24, 2.45) is 0 Å². The molecule has 21 heavy (non-hydrogen) atoms. The fraction of sp³-hybridized carbons (Fsp3) is 0.200. The Morgan fingerprint density at radius 3 is 2.52 bits per heavy atom. The van der Waals surface area contributed by atoms with Gasteiger partial charge in [-0.3, -0.25) is 9.59 Å². The number of nitrogens with one attached hydrogen (secondary N) is 2. The van der Waals surface area contributed by atoms with Crippen LogP contribution in [0.3, 0.4) is 0 Å². The van der Waals surface area contributed by atoms with Gasteiger partial charge in [0.1, 0.15) is 0 Å². The lowest BCUT2D eigenvalue weighted by molar-refractivity contribution is -0.116. The molecule has 2 aromatic rings. The van der Waals surface area contributed by atoms with Crippen LogP contribution >= 0.6 is 11.3 Å². The molecule has 0 saturated heterocycles. The normalized spacial score (nSPS) is 10.1. The molecule has 5 nitrogen and oxygen atoms in total. The summed E-state index contributed by atoms with van der Waals surface area (Å²) in [7, 11) is 0. The number of hydrogen-bond donors (Lipinski definition) is 3. The van der Waals surface area contributed by atoms with Crippen molar-refractivity contribution in [3.8, 4) is 0 Å². The van der Waals surface area contributed by atoms with Crippen LogP contribution < -0.4 is 10.6 Å². The second-order valence-electron chi connectivity index (χ2n) is 4.42. The second kappa shape index (κ2) is 7.56. The first kappa shape index (κ1) is 15.2. The molecule has 0 aliphatic rings. The van der Waals surface area contributed by atoms with Crippen molar-refractivity contribution < 1.29 is 14.7 Å². The molecule has 0 atom stereocenters. The van der Waals surface area contributed by atoms with E-state index in [1.54, 1.807) is 35.7 Å². The van der Waals surface area contributed by atoms with Gasteiger partial charge in [-0.25, -0.2) is 0 Å². The molecule has 0 aliphatic heterocycles. The zero-order valence-corrected chi connectivity index (χ0v) is 12.2. The molecule has 0 unspecified atom stereocenters. The van der Waals surface area contributed by atoms with Crippen molar-refractivity contribution in [1.82, 2.24) is 5.32 Å². The van der Waals surface area contributed by atoms with E-state index in [0.717, 1.165) is 5.56 Å². The number of hydrogen-bond acceptors (Lipinski definition) is 4. The van der Waals surface area contributed by atoms with Gasteiger partial charge < -0.3 is 15.7 Å². The average Bonchev–Trinajstić information content (AvgIpc) is 3.02. The quantitative estimate of drug-likeness (QED) is 0.764. The Bertz CT molecular complexity index is 594. The van der Waals surface area contributed by atoms with Crippen LogP contribution in [0.2, 0.25) is 0 Å². The van der Waals surface area contributed by atoms with Crippen LogP contribution in [0.5, 0.6) is 0 Å². The topological polar surface area (TPSA) is 78.4 Å². The molecule has 1 heterocycles. The first-order valence-corrected chi connectivity index (χ1v) is 7.43. The maximum absolute atomic E-state index is 11.7. The van der Waals surface area contributed by atoms with Crippen molar-refractivity contribution in [1.29, 1.82) is 0 Å². The van der Waals surface area contributed by atoms with Crippen LogP contribution in [0.1, 0.15) is 22.3 Å². The van der Waals surface area contributed by atoms with Crippen LogP contribution in [-0.2, 0) is 11.4 Å². The highest BCUT2D eigenvalue weighted by Crippen LogP contribution is 2.09. The van der Waals surface area contributed by atoms with Gasteiger partial charge in [0.25, 0.3) is 5.91 Å². The Balaban J connectivity index is 1.73. The summed E-state index contributed by atoms with van der Waals surface area (Å²) in [6, 6.07) is 8.69. The SMILES string of the molecule is O=C(CCNC(=O)c1ccsc1)Nc1ccc(CO)cc1. The fourth-order valence-electron chi connectivity index (χ4n) is 1.70. The molecule has 1 aromatic carbocycles. The largest absolute Gasteiger partial charge is 0.392 e. The molecule has 0 aliphatic carbocycles. The molecule has 3 N–H and O–H groups in total. The highest BCUT2D eigenvalue weighted by molar-refractivity contribution is 7.08. The minimum atomic E-state index is -0.170. The van der Waals surface area contributed by atoms with Crippen LogP contribution in [0, 0.1) is 0 Å². The van der Waals surface area contributed by atoms with Crippen LogP contribution in [0.25, 0.3) is 0 Å². The fourth-order valence-corrected chi connectivity index (χ4v) is 2.34. The molecular weight excluding hydrogens is 288 g/mol. The van der Waals surface area contributed by atoms with Gasteiger partial charge in [0.2, 0.25) is 5.91 Å². The van der Waals surface area contributed by atoms with E-state index in [4.69, 9.17) is 5.11 Å². The molecule has 0 spiro atoms. The summed E-state index contributed by atoms with van der Waals surface area (Å²) >= 11 is 1.45. The van der Waals surface area contributed by atoms with Gasteiger partial charge >= 0.3 is 0 Å². The maximum Gasteiger partial charge on any atom is 0.252 e. The number of carbonyl (C=O) groups is 2. The molecule has 2 amide bonds. The van der Waals surface area contributed by atoms with Crippen molar-refractivity contribution in [3.05, 3.63) is 52.2 Å².